The second-order valence-electron chi connectivity index (χ2n) is 4.30. The molecule has 3 rings (SSSR count). The summed E-state index contributed by atoms with van der Waals surface area (Å²) in [7, 11) is 0. The number of rotatable bonds is 3. The molecule has 1 amide bonds. The fraction of sp³-hybridized carbons (Fsp3) is 0.231. The van der Waals surface area contributed by atoms with Crippen LogP contribution in [0, 0.1) is 11.7 Å². The molecule has 2 unspecified atom stereocenters. The smallest absolute Gasteiger partial charge is 0.229 e. The molecule has 2 atom stereocenters. The van der Waals surface area contributed by atoms with Crippen molar-refractivity contribution in [2.45, 2.75) is 12.3 Å². The normalized spacial score (nSPS) is 21.6. The van der Waals surface area contributed by atoms with Crippen LogP contribution in [0.4, 0.5) is 9.52 Å². The molecule has 1 N–H and O–H groups in total. The SMILES string of the molecule is O=C(Nc1nccs1)C1CC1c1ccccc1F. The minimum atomic E-state index is -0.230. The highest BCUT2D eigenvalue weighted by molar-refractivity contribution is 7.13. The van der Waals surface area contributed by atoms with Gasteiger partial charge in [-0.3, -0.25) is 4.79 Å². The number of nitrogens with one attached hydrogen (secondary N) is 1. The highest BCUT2D eigenvalue weighted by Gasteiger charge is 2.45. The van der Waals surface area contributed by atoms with Gasteiger partial charge in [-0.2, -0.15) is 0 Å². The van der Waals surface area contributed by atoms with E-state index < -0.39 is 0 Å². The van der Waals surface area contributed by atoms with Crippen LogP contribution < -0.4 is 5.32 Å². The maximum absolute atomic E-state index is 13.6. The van der Waals surface area contributed by atoms with Crippen LogP contribution in [-0.2, 0) is 4.79 Å². The molecule has 1 heterocycles. The fourth-order valence-electron chi connectivity index (χ4n) is 2.09. The number of aromatic nitrogens is 1. The lowest BCUT2D eigenvalue weighted by atomic mass is 10.1. The summed E-state index contributed by atoms with van der Waals surface area (Å²) in [5.74, 6) is -0.429. The molecule has 0 aliphatic heterocycles. The summed E-state index contributed by atoms with van der Waals surface area (Å²) in [6, 6.07) is 6.64. The lowest BCUT2D eigenvalue weighted by molar-refractivity contribution is -0.117. The molecular formula is C13H11FN2OS. The number of hydrogen-bond donors (Lipinski definition) is 1. The largest absolute Gasteiger partial charge is 0.302 e. The van der Waals surface area contributed by atoms with Crippen LogP contribution in [0.5, 0.6) is 0 Å². The number of anilines is 1. The summed E-state index contributed by atoms with van der Waals surface area (Å²) in [5, 5.41) is 5.15. The molecule has 0 bridgehead atoms. The number of hydrogen-bond acceptors (Lipinski definition) is 3. The molecule has 0 radical (unpaired) electrons. The summed E-state index contributed by atoms with van der Waals surface area (Å²) in [4.78, 5) is 15.9. The van der Waals surface area contributed by atoms with Crippen molar-refractivity contribution < 1.29 is 9.18 Å². The van der Waals surface area contributed by atoms with Gasteiger partial charge in [-0.15, -0.1) is 11.3 Å². The zero-order valence-corrected chi connectivity index (χ0v) is 10.3. The highest BCUT2D eigenvalue weighted by Crippen LogP contribution is 2.48. The van der Waals surface area contributed by atoms with Crippen molar-refractivity contribution in [1.82, 2.24) is 4.98 Å². The van der Waals surface area contributed by atoms with E-state index >= 15 is 0 Å². The van der Waals surface area contributed by atoms with Crippen molar-refractivity contribution in [3.63, 3.8) is 0 Å². The first-order chi connectivity index (χ1) is 8.75. The summed E-state index contributed by atoms with van der Waals surface area (Å²) < 4.78 is 13.6. The number of amides is 1. The molecule has 0 saturated heterocycles. The van der Waals surface area contributed by atoms with Gasteiger partial charge < -0.3 is 5.32 Å². The molecule has 1 aliphatic carbocycles. The maximum atomic E-state index is 13.6. The Bertz CT molecular complexity index is 570. The van der Waals surface area contributed by atoms with Gasteiger partial charge in [0.1, 0.15) is 5.82 Å². The second-order valence-corrected chi connectivity index (χ2v) is 5.19. The summed E-state index contributed by atoms with van der Waals surface area (Å²) >= 11 is 1.38. The molecule has 1 fully saturated rings. The fourth-order valence-corrected chi connectivity index (χ4v) is 2.62. The Kier molecular flexibility index (Phi) is 2.83. The number of halogens is 1. The van der Waals surface area contributed by atoms with Crippen LogP contribution in [0.2, 0.25) is 0 Å². The minimum absolute atomic E-state index is 0.00571. The van der Waals surface area contributed by atoms with Crippen molar-refractivity contribution >= 4 is 22.4 Å². The van der Waals surface area contributed by atoms with E-state index in [1.165, 1.54) is 17.4 Å². The van der Waals surface area contributed by atoms with Crippen molar-refractivity contribution in [3.05, 3.63) is 47.2 Å². The minimum Gasteiger partial charge on any atom is -0.302 e. The summed E-state index contributed by atoms with van der Waals surface area (Å²) in [6.45, 7) is 0. The Morgan fingerprint density at radius 1 is 1.44 bits per heavy atom. The number of nitrogens with zero attached hydrogens (tertiary/aromatic N) is 1. The average Bonchev–Trinajstić information content (AvgIpc) is 3.00. The van der Waals surface area contributed by atoms with Crippen molar-refractivity contribution in [3.8, 4) is 0 Å². The van der Waals surface area contributed by atoms with E-state index in [1.54, 1.807) is 29.8 Å². The van der Waals surface area contributed by atoms with Crippen LogP contribution in [0.1, 0.15) is 17.9 Å². The first-order valence-electron chi connectivity index (χ1n) is 5.70. The number of carbonyl (C=O) groups is 1. The Morgan fingerprint density at radius 3 is 3.00 bits per heavy atom. The second kappa shape index (κ2) is 4.49. The van der Waals surface area contributed by atoms with Gasteiger partial charge in [-0.05, 0) is 24.0 Å². The Morgan fingerprint density at radius 2 is 2.28 bits per heavy atom. The topological polar surface area (TPSA) is 42.0 Å². The third-order valence-electron chi connectivity index (χ3n) is 3.09. The number of thiazole rings is 1. The molecule has 0 spiro atoms. The Labute approximate surface area is 108 Å². The van der Waals surface area contributed by atoms with Gasteiger partial charge in [0.25, 0.3) is 0 Å². The van der Waals surface area contributed by atoms with E-state index in [1.807, 2.05) is 0 Å². The van der Waals surface area contributed by atoms with Crippen LogP contribution in [0.25, 0.3) is 0 Å². The Balaban J connectivity index is 1.67. The number of benzene rings is 1. The summed E-state index contributed by atoms with van der Waals surface area (Å²) in [6.07, 6.45) is 2.35. The molecule has 1 aromatic carbocycles. The van der Waals surface area contributed by atoms with Gasteiger partial charge in [0, 0.05) is 17.5 Å². The summed E-state index contributed by atoms with van der Waals surface area (Å²) in [5.41, 5.74) is 0.636. The first-order valence-corrected chi connectivity index (χ1v) is 6.58. The van der Waals surface area contributed by atoms with Crippen molar-refractivity contribution in [2.75, 3.05) is 5.32 Å². The predicted molar refractivity (Wildman–Crippen MR) is 68.0 cm³/mol. The van der Waals surface area contributed by atoms with Gasteiger partial charge in [-0.25, -0.2) is 9.37 Å². The standard InChI is InChI=1S/C13H11FN2OS/c14-11-4-2-1-3-8(11)9-7-10(9)12(17)16-13-15-5-6-18-13/h1-6,9-10H,7H2,(H,15,16,17). The molecule has 5 heteroatoms. The van der Waals surface area contributed by atoms with Gasteiger partial charge in [0.05, 0.1) is 0 Å². The van der Waals surface area contributed by atoms with Crippen LogP contribution in [-0.4, -0.2) is 10.9 Å². The van der Waals surface area contributed by atoms with Gasteiger partial charge >= 0.3 is 0 Å². The monoisotopic (exact) mass is 262 g/mol. The van der Waals surface area contributed by atoms with Gasteiger partial charge in [-0.1, -0.05) is 18.2 Å². The molecule has 18 heavy (non-hydrogen) atoms. The molecule has 92 valence electrons. The molecule has 1 aromatic heterocycles. The maximum Gasteiger partial charge on any atom is 0.229 e. The van der Waals surface area contributed by atoms with E-state index in [-0.39, 0.29) is 23.6 Å². The molecule has 1 aliphatic rings. The van der Waals surface area contributed by atoms with Gasteiger partial charge in [0.15, 0.2) is 5.13 Å². The third-order valence-corrected chi connectivity index (χ3v) is 3.78. The molecule has 3 nitrogen and oxygen atoms in total. The van der Waals surface area contributed by atoms with E-state index in [0.29, 0.717) is 17.1 Å². The Hall–Kier alpha value is -1.75. The predicted octanol–water partition coefficient (Wildman–Crippen LogP) is 3.02. The van der Waals surface area contributed by atoms with Gasteiger partial charge in [0.2, 0.25) is 5.91 Å². The zero-order chi connectivity index (χ0) is 12.5. The lowest BCUT2D eigenvalue weighted by Crippen LogP contribution is -2.14. The number of carbonyl (C=O) groups excluding carboxylic acids is 1. The quantitative estimate of drug-likeness (QED) is 0.923. The van der Waals surface area contributed by atoms with E-state index in [2.05, 4.69) is 10.3 Å². The van der Waals surface area contributed by atoms with Crippen molar-refractivity contribution in [1.29, 1.82) is 0 Å². The first kappa shape index (κ1) is 11.3. The van der Waals surface area contributed by atoms with E-state index in [9.17, 15) is 9.18 Å². The van der Waals surface area contributed by atoms with Crippen LogP contribution in [0.15, 0.2) is 35.8 Å². The van der Waals surface area contributed by atoms with E-state index in [0.717, 1.165) is 0 Å². The van der Waals surface area contributed by atoms with E-state index in [4.69, 9.17) is 0 Å². The third kappa shape index (κ3) is 2.13. The highest BCUT2D eigenvalue weighted by atomic mass is 32.1. The molecule has 1 saturated carbocycles. The average molecular weight is 262 g/mol. The molecular weight excluding hydrogens is 251 g/mol. The van der Waals surface area contributed by atoms with Crippen LogP contribution in [0.3, 0.4) is 0 Å². The van der Waals surface area contributed by atoms with Crippen molar-refractivity contribution in [2.24, 2.45) is 5.92 Å². The zero-order valence-electron chi connectivity index (χ0n) is 9.47. The lowest BCUT2D eigenvalue weighted by Gasteiger charge is -2.02. The van der Waals surface area contributed by atoms with Crippen LogP contribution >= 0.6 is 11.3 Å². The molecule has 2 aromatic rings.